The summed E-state index contributed by atoms with van der Waals surface area (Å²) >= 11 is 6.68. The van der Waals surface area contributed by atoms with E-state index in [0.29, 0.717) is 42.3 Å². The van der Waals surface area contributed by atoms with Crippen molar-refractivity contribution in [3.63, 3.8) is 0 Å². The summed E-state index contributed by atoms with van der Waals surface area (Å²) in [4.78, 5) is 26.5. The van der Waals surface area contributed by atoms with Crippen LogP contribution in [-0.4, -0.2) is 55.3 Å². The molecule has 3 aromatic rings. The van der Waals surface area contributed by atoms with Gasteiger partial charge in [-0.1, -0.05) is 55.4 Å². The van der Waals surface area contributed by atoms with E-state index in [4.69, 9.17) is 31.3 Å². The van der Waals surface area contributed by atoms with Gasteiger partial charge in [-0.25, -0.2) is 24.9 Å². The molecule has 0 aromatic carbocycles. The van der Waals surface area contributed by atoms with E-state index in [1.165, 1.54) is 0 Å². The van der Waals surface area contributed by atoms with Gasteiger partial charge in [-0.3, -0.25) is 4.57 Å². The summed E-state index contributed by atoms with van der Waals surface area (Å²) in [5, 5.41) is 0.423. The van der Waals surface area contributed by atoms with E-state index >= 15 is 0 Å². The molecule has 3 aromatic heterocycles. The van der Waals surface area contributed by atoms with Gasteiger partial charge in [0.1, 0.15) is 0 Å². The van der Waals surface area contributed by atoms with Crippen LogP contribution in [0.2, 0.25) is 5.28 Å². The molecule has 4 rings (SSSR count). The molecule has 0 spiro atoms. The Balaban J connectivity index is 2.09. The minimum absolute atomic E-state index is 0.147. The van der Waals surface area contributed by atoms with Crippen molar-refractivity contribution in [1.82, 2.24) is 29.5 Å². The molecule has 0 amide bonds. The maximum Gasteiger partial charge on any atom is 0.205 e. The van der Waals surface area contributed by atoms with Crippen molar-refractivity contribution in [2.45, 2.75) is 85.7 Å². The Morgan fingerprint density at radius 3 is 2.20 bits per heavy atom. The van der Waals surface area contributed by atoms with Crippen molar-refractivity contribution >= 4 is 28.6 Å². The molecule has 1 aliphatic rings. The van der Waals surface area contributed by atoms with Crippen LogP contribution in [0.15, 0.2) is 0 Å². The van der Waals surface area contributed by atoms with E-state index in [-0.39, 0.29) is 16.9 Å². The summed E-state index contributed by atoms with van der Waals surface area (Å²) in [6, 6.07) is 0.147. The molecule has 0 aliphatic carbocycles. The number of rotatable bonds is 4. The van der Waals surface area contributed by atoms with Crippen LogP contribution >= 0.6 is 11.6 Å². The first-order chi connectivity index (χ1) is 16.3. The summed E-state index contributed by atoms with van der Waals surface area (Å²) in [7, 11) is 0. The lowest BCUT2D eigenvalue weighted by molar-refractivity contribution is 0.0987. The summed E-state index contributed by atoms with van der Waals surface area (Å²) in [6.45, 7) is 22.0. The number of fused-ring (bicyclic) bond motifs is 1. The normalized spacial score (nSPS) is 17.6. The lowest BCUT2D eigenvalue weighted by Gasteiger charge is -2.34. The third-order valence-corrected chi connectivity index (χ3v) is 6.45. The van der Waals surface area contributed by atoms with Crippen LogP contribution in [0, 0.1) is 12.2 Å². The highest BCUT2D eigenvalue weighted by Crippen LogP contribution is 2.39. The Morgan fingerprint density at radius 1 is 1.03 bits per heavy atom. The molecule has 1 atom stereocenters. The molecule has 8 nitrogen and oxygen atoms in total. The minimum atomic E-state index is -0.255. The molecule has 9 heteroatoms. The second-order valence-electron chi connectivity index (χ2n) is 11.9. The van der Waals surface area contributed by atoms with Crippen molar-refractivity contribution in [3.8, 4) is 11.4 Å². The number of ether oxygens (including phenoxy) is 1. The van der Waals surface area contributed by atoms with Gasteiger partial charge in [0.05, 0.1) is 36.2 Å². The van der Waals surface area contributed by atoms with Crippen LogP contribution in [0.5, 0.6) is 0 Å². The monoisotopic (exact) mass is 498 g/mol. The summed E-state index contributed by atoms with van der Waals surface area (Å²) in [5.41, 5.74) is 3.55. The molecule has 1 aliphatic heterocycles. The smallest absolute Gasteiger partial charge is 0.205 e. The van der Waals surface area contributed by atoms with Crippen LogP contribution in [0.4, 0.5) is 5.82 Å². The number of aromatic nitrogens is 6. The van der Waals surface area contributed by atoms with Crippen molar-refractivity contribution < 1.29 is 4.74 Å². The quantitative estimate of drug-likeness (QED) is 0.456. The number of hydrogen-bond donors (Lipinski definition) is 0. The molecule has 0 N–H and O–H groups in total. The molecule has 1 radical (unpaired) electrons. The SMILES string of the molecule is CC(C)Cn1c(Cl)nc2c(N3CCOC[C@@H]3C)nc(-c3c(C(C)(C)C)n[c]nc3C(C)(C)C)nc21. The Labute approximate surface area is 213 Å². The zero-order valence-electron chi connectivity index (χ0n) is 22.4. The first-order valence-electron chi connectivity index (χ1n) is 12.4. The second-order valence-corrected chi connectivity index (χ2v) is 12.3. The largest absolute Gasteiger partial charge is 0.377 e. The lowest BCUT2D eigenvalue weighted by atomic mass is 9.82. The van der Waals surface area contributed by atoms with Gasteiger partial charge in [0, 0.05) is 23.9 Å². The second kappa shape index (κ2) is 9.28. The van der Waals surface area contributed by atoms with Crippen LogP contribution in [0.25, 0.3) is 22.6 Å². The van der Waals surface area contributed by atoms with Gasteiger partial charge in [0.2, 0.25) is 5.28 Å². The highest BCUT2D eigenvalue weighted by atomic mass is 35.5. The Bertz CT molecular complexity index is 1190. The first kappa shape index (κ1) is 25.8. The highest BCUT2D eigenvalue weighted by molar-refractivity contribution is 6.29. The molecular formula is C26H37ClN7O. The predicted octanol–water partition coefficient (Wildman–Crippen LogP) is 5.21. The van der Waals surface area contributed by atoms with Crippen molar-refractivity contribution in [3.05, 3.63) is 23.0 Å². The summed E-state index contributed by atoms with van der Waals surface area (Å²) < 4.78 is 7.70. The van der Waals surface area contributed by atoms with Crippen molar-refractivity contribution in [1.29, 1.82) is 0 Å². The van der Waals surface area contributed by atoms with E-state index in [1.807, 2.05) is 4.57 Å². The van der Waals surface area contributed by atoms with E-state index < -0.39 is 0 Å². The average Bonchev–Trinajstić information content (AvgIpc) is 3.06. The number of halogens is 1. The molecular weight excluding hydrogens is 462 g/mol. The topological polar surface area (TPSA) is 81.9 Å². The molecule has 35 heavy (non-hydrogen) atoms. The Morgan fingerprint density at radius 2 is 1.66 bits per heavy atom. The minimum Gasteiger partial charge on any atom is -0.377 e. The number of morpholine rings is 1. The van der Waals surface area contributed by atoms with Crippen molar-refractivity contribution in [2.24, 2.45) is 5.92 Å². The number of imidazole rings is 1. The van der Waals surface area contributed by atoms with Crippen LogP contribution in [0.1, 0.15) is 73.7 Å². The summed E-state index contributed by atoms with van der Waals surface area (Å²) in [5.74, 6) is 1.74. The fourth-order valence-electron chi connectivity index (χ4n) is 4.49. The fraction of sp³-hybridized carbons (Fsp3) is 0.654. The van der Waals surface area contributed by atoms with Gasteiger partial charge in [0.15, 0.2) is 29.1 Å². The standard InChI is InChI=1S/C26H37ClN7O/c1-15(2)12-34-23-18(30-24(34)27)22(33-10-11-35-13-16(33)3)31-21(32-23)17-19(25(4,5)6)28-14-29-20(17)26(7,8)9/h15-16H,10-13H2,1-9H3/t16-/m0/s1. The van der Waals surface area contributed by atoms with Crippen LogP contribution in [-0.2, 0) is 22.1 Å². The fourth-order valence-corrected chi connectivity index (χ4v) is 4.72. The molecule has 189 valence electrons. The molecule has 0 saturated carbocycles. The molecule has 1 saturated heterocycles. The van der Waals surface area contributed by atoms with Gasteiger partial charge < -0.3 is 9.64 Å². The maximum atomic E-state index is 6.68. The average molecular weight is 499 g/mol. The highest BCUT2D eigenvalue weighted by Gasteiger charge is 2.33. The zero-order valence-corrected chi connectivity index (χ0v) is 23.2. The van der Waals surface area contributed by atoms with Gasteiger partial charge in [-0.15, -0.1) is 0 Å². The zero-order chi connectivity index (χ0) is 25.7. The lowest BCUT2D eigenvalue weighted by Crippen LogP contribution is -2.44. The van der Waals surface area contributed by atoms with Gasteiger partial charge in [-0.05, 0) is 24.4 Å². The number of hydrogen-bond acceptors (Lipinski definition) is 7. The third kappa shape index (κ3) is 5.00. The molecule has 0 bridgehead atoms. The van der Waals surface area contributed by atoms with Crippen LogP contribution < -0.4 is 4.90 Å². The van der Waals surface area contributed by atoms with Gasteiger partial charge in [-0.2, -0.15) is 0 Å². The Kier molecular flexibility index (Phi) is 6.83. The molecule has 4 heterocycles. The summed E-state index contributed by atoms with van der Waals surface area (Å²) in [6.07, 6.45) is 2.90. The number of anilines is 1. The van der Waals surface area contributed by atoms with E-state index in [2.05, 4.69) is 83.5 Å². The van der Waals surface area contributed by atoms with Gasteiger partial charge in [0.25, 0.3) is 0 Å². The maximum absolute atomic E-state index is 6.68. The molecule has 0 unspecified atom stereocenters. The Hall–Kier alpha value is -2.32. The third-order valence-electron chi connectivity index (χ3n) is 6.16. The van der Waals surface area contributed by atoms with E-state index in [0.717, 1.165) is 35.0 Å². The molecule has 1 fully saturated rings. The van der Waals surface area contributed by atoms with Crippen LogP contribution in [0.3, 0.4) is 0 Å². The predicted molar refractivity (Wildman–Crippen MR) is 140 cm³/mol. The van der Waals surface area contributed by atoms with Crippen molar-refractivity contribution in [2.75, 3.05) is 24.7 Å². The van der Waals surface area contributed by atoms with E-state index in [9.17, 15) is 0 Å². The van der Waals surface area contributed by atoms with Gasteiger partial charge >= 0.3 is 0 Å². The number of nitrogens with zero attached hydrogens (tertiary/aromatic N) is 7. The first-order valence-corrected chi connectivity index (χ1v) is 12.7. The van der Waals surface area contributed by atoms with E-state index in [1.54, 1.807) is 0 Å².